The lowest BCUT2D eigenvalue weighted by atomic mass is 9.78. The van der Waals surface area contributed by atoms with E-state index in [9.17, 15) is 9.59 Å². The van der Waals surface area contributed by atoms with Crippen molar-refractivity contribution in [2.24, 2.45) is 0 Å². The molecule has 1 heterocycles. The number of rotatable bonds is 13. The fraction of sp³-hybridized carbons (Fsp3) is 0.200. The predicted octanol–water partition coefficient (Wildman–Crippen LogP) is 1.05. The van der Waals surface area contributed by atoms with Crippen molar-refractivity contribution < 1.29 is 31.3 Å². The van der Waals surface area contributed by atoms with Crippen LogP contribution in [0, 0.1) is 0 Å². The van der Waals surface area contributed by atoms with Crippen LogP contribution in [0.2, 0.25) is 0 Å². The van der Waals surface area contributed by atoms with Gasteiger partial charge >= 0.3 is 0 Å². The summed E-state index contributed by atoms with van der Waals surface area (Å²) in [6.45, 7) is 0.335. The molecule has 0 spiro atoms. The summed E-state index contributed by atoms with van der Waals surface area (Å²) >= 11 is 0. The Balaban J connectivity index is 0.00000480. The first-order valence-electron chi connectivity index (χ1n) is 14.7. The van der Waals surface area contributed by atoms with E-state index in [1.807, 2.05) is 136 Å². The van der Waals surface area contributed by atoms with Crippen LogP contribution in [0.15, 0.2) is 121 Å². The van der Waals surface area contributed by atoms with Crippen LogP contribution in [0.1, 0.15) is 22.4 Å². The number of benzene rings is 4. The number of likely N-dealkylation sites (N-methyl/N-ethyl adjacent to an activating group) is 1. The molecule has 238 valence electrons. The van der Waals surface area contributed by atoms with Crippen molar-refractivity contribution in [2.45, 2.75) is 12.1 Å². The highest BCUT2D eigenvalue weighted by Gasteiger charge is 2.37. The number of nitrogens with zero attached hydrogens (tertiary/aromatic N) is 4. The van der Waals surface area contributed by atoms with Gasteiger partial charge in [-0.25, -0.2) is 4.68 Å². The number of halogens is 1. The lowest BCUT2D eigenvalue weighted by Crippen LogP contribution is -3.00. The van der Waals surface area contributed by atoms with Gasteiger partial charge in [-0.2, -0.15) is 5.48 Å². The number of carbonyl (C=O) groups is 2. The molecule has 0 atom stereocenters. The van der Waals surface area contributed by atoms with Crippen molar-refractivity contribution >= 4 is 17.5 Å². The molecule has 2 amide bonds. The van der Waals surface area contributed by atoms with Gasteiger partial charge in [0.2, 0.25) is 5.91 Å². The van der Waals surface area contributed by atoms with Crippen molar-refractivity contribution in [2.75, 3.05) is 39.6 Å². The molecule has 0 saturated heterocycles. The van der Waals surface area contributed by atoms with Gasteiger partial charge in [0, 0.05) is 5.69 Å². The van der Waals surface area contributed by atoms with Gasteiger partial charge < -0.3 is 27.5 Å². The fourth-order valence-electron chi connectivity index (χ4n) is 5.03. The van der Waals surface area contributed by atoms with Crippen molar-refractivity contribution in [1.29, 1.82) is 0 Å². The minimum atomic E-state index is -0.850. The monoisotopic (exact) mass is 639 g/mol. The van der Waals surface area contributed by atoms with Crippen LogP contribution in [0.3, 0.4) is 0 Å². The summed E-state index contributed by atoms with van der Waals surface area (Å²) in [5.74, 6) is -0.367. The van der Waals surface area contributed by atoms with Crippen LogP contribution in [0.5, 0.6) is 0 Å². The molecule has 4 aromatic carbocycles. The number of quaternary nitrogens is 1. The van der Waals surface area contributed by atoms with Gasteiger partial charge in [-0.05, 0) is 41.0 Å². The van der Waals surface area contributed by atoms with E-state index in [2.05, 4.69) is 26.4 Å². The molecule has 0 saturated carbocycles. The third-order valence-corrected chi connectivity index (χ3v) is 7.09. The summed E-state index contributed by atoms with van der Waals surface area (Å²) in [5.41, 5.74) is 7.37. The van der Waals surface area contributed by atoms with Crippen LogP contribution >= 0.6 is 0 Å². The molecule has 5 rings (SSSR count). The first-order chi connectivity index (χ1) is 21.7. The van der Waals surface area contributed by atoms with Gasteiger partial charge in [-0.3, -0.25) is 14.4 Å². The standard InChI is InChI=1S/C35H37N7O3.ClH/c1-42(2,3)25-33(43)37-30-19-21-32(22-20-30)41-24-31(38-40-41)23-36-34(44)26-45-39-35(27-13-7-4-8-14-27,28-15-9-5-10-16-28)29-17-11-6-12-18-29;/h4-22,24,39H,23,25-26H2,1-3H3,(H-,36,37,43,44);1H. The minimum Gasteiger partial charge on any atom is -1.00 e. The second kappa shape index (κ2) is 15.4. The maximum atomic E-state index is 12.8. The third kappa shape index (κ3) is 8.64. The molecule has 3 N–H and O–H groups in total. The molecule has 5 aromatic rings. The Labute approximate surface area is 275 Å². The van der Waals surface area contributed by atoms with E-state index in [4.69, 9.17) is 4.84 Å². The SMILES string of the molecule is C[N+](C)(C)CC(=O)Nc1ccc(-n2cc(CNC(=O)CONC(c3ccccc3)(c3ccccc3)c3ccccc3)nn2)cc1.[Cl-]. The van der Waals surface area contributed by atoms with Crippen LogP contribution in [0.25, 0.3) is 5.69 Å². The maximum absolute atomic E-state index is 12.8. The number of hydrogen-bond donors (Lipinski definition) is 3. The zero-order valence-corrected chi connectivity index (χ0v) is 26.8. The zero-order valence-electron chi connectivity index (χ0n) is 26.1. The van der Waals surface area contributed by atoms with E-state index >= 15 is 0 Å². The van der Waals surface area contributed by atoms with Crippen molar-refractivity contribution in [3.8, 4) is 5.69 Å². The Hall–Kier alpha value is -4.87. The van der Waals surface area contributed by atoms with E-state index in [0.717, 1.165) is 22.4 Å². The average molecular weight is 640 g/mol. The molecule has 0 bridgehead atoms. The number of hydrogen-bond acceptors (Lipinski definition) is 6. The topological polar surface area (TPSA) is 110 Å². The Morgan fingerprint density at radius 3 is 1.78 bits per heavy atom. The van der Waals surface area contributed by atoms with Gasteiger partial charge in [0.05, 0.1) is 39.6 Å². The lowest BCUT2D eigenvalue weighted by Gasteiger charge is -2.36. The molecule has 0 aliphatic carbocycles. The second-order valence-electron chi connectivity index (χ2n) is 11.7. The van der Waals surface area contributed by atoms with Crippen molar-refractivity contribution in [3.63, 3.8) is 0 Å². The Kier molecular flexibility index (Phi) is 11.4. The highest BCUT2D eigenvalue weighted by molar-refractivity contribution is 5.91. The van der Waals surface area contributed by atoms with Gasteiger partial charge in [0.25, 0.3) is 5.91 Å². The molecule has 0 radical (unpaired) electrons. The fourth-order valence-corrected chi connectivity index (χ4v) is 5.03. The molecular weight excluding hydrogens is 602 g/mol. The first kappa shape index (κ1) is 34.0. The minimum absolute atomic E-state index is 0. The molecule has 0 aliphatic heterocycles. The Morgan fingerprint density at radius 2 is 1.28 bits per heavy atom. The quantitative estimate of drug-likeness (QED) is 0.101. The predicted molar refractivity (Wildman–Crippen MR) is 173 cm³/mol. The third-order valence-electron chi connectivity index (χ3n) is 7.09. The highest BCUT2D eigenvalue weighted by Crippen LogP contribution is 2.36. The summed E-state index contributed by atoms with van der Waals surface area (Å²) in [7, 11) is 5.89. The zero-order chi connectivity index (χ0) is 31.7. The molecule has 11 heteroatoms. The molecule has 1 aromatic heterocycles. The molecular formula is C35H38ClN7O3. The number of amides is 2. The van der Waals surface area contributed by atoms with E-state index < -0.39 is 5.54 Å². The first-order valence-corrected chi connectivity index (χ1v) is 14.7. The number of hydroxylamine groups is 1. The number of carbonyl (C=O) groups excluding carboxylic acids is 2. The normalized spacial score (nSPS) is 11.4. The van der Waals surface area contributed by atoms with Gasteiger partial charge in [-0.1, -0.05) is 96.2 Å². The summed E-state index contributed by atoms with van der Waals surface area (Å²) in [6, 6.07) is 37.4. The van der Waals surface area contributed by atoms with E-state index in [0.29, 0.717) is 22.4 Å². The van der Waals surface area contributed by atoms with Crippen LogP contribution in [-0.2, 0) is 26.5 Å². The molecule has 46 heavy (non-hydrogen) atoms. The largest absolute Gasteiger partial charge is 1.00 e. The van der Waals surface area contributed by atoms with E-state index in [-0.39, 0.29) is 37.4 Å². The molecule has 0 unspecified atom stereocenters. The lowest BCUT2D eigenvalue weighted by molar-refractivity contribution is -0.861. The average Bonchev–Trinajstić information content (AvgIpc) is 3.52. The maximum Gasteiger partial charge on any atom is 0.279 e. The Bertz CT molecular complexity index is 1590. The molecule has 0 fully saturated rings. The Morgan fingerprint density at radius 1 is 0.761 bits per heavy atom. The smallest absolute Gasteiger partial charge is 0.279 e. The summed E-state index contributed by atoms with van der Waals surface area (Å²) in [6.07, 6.45) is 1.75. The van der Waals surface area contributed by atoms with Gasteiger partial charge in [0.1, 0.15) is 17.8 Å². The molecule has 10 nitrogen and oxygen atoms in total. The number of aromatic nitrogens is 3. The number of nitrogens with one attached hydrogen (secondary N) is 3. The van der Waals surface area contributed by atoms with Crippen LogP contribution in [0.4, 0.5) is 5.69 Å². The summed E-state index contributed by atoms with van der Waals surface area (Å²) in [4.78, 5) is 31.0. The van der Waals surface area contributed by atoms with Gasteiger partial charge in [0.15, 0.2) is 6.54 Å². The number of anilines is 1. The molecule has 0 aliphatic rings. The van der Waals surface area contributed by atoms with Gasteiger partial charge in [-0.15, -0.1) is 5.10 Å². The second-order valence-corrected chi connectivity index (χ2v) is 11.7. The summed E-state index contributed by atoms with van der Waals surface area (Å²) < 4.78 is 2.16. The van der Waals surface area contributed by atoms with E-state index in [1.54, 1.807) is 10.9 Å². The van der Waals surface area contributed by atoms with Crippen molar-refractivity contribution in [1.82, 2.24) is 25.8 Å². The van der Waals surface area contributed by atoms with Crippen LogP contribution < -0.4 is 28.5 Å². The van der Waals surface area contributed by atoms with E-state index in [1.165, 1.54) is 0 Å². The van der Waals surface area contributed by atoms with Crippen LogP contribution in [-0.4, -0.2) is 65.6 Å². The summed E-state index contributed by atoms with van der Waals surface area (Å²) in [5, 5.41) is 14.1. The van der Waals surface area contributed by atoms with Crippen molar-refractivity contribution in [3.05, 3.63) is 144 Å². The highest BCUT2D eigenvalue weighted by atomic mass is 35.5.